The molecule has 50 heavy (non-hydrogen) atoms. The van der Waals surface area contributed by atoms with Gasteiger partial charge in [-0.05, 0) is 85.8 Å². The number of halogens is 4. The van der Waals surface area contributed by atoms with Crippen LogP contribution in [0.2, 0.25) is 5.02 Å². The summed E-state index contributed by atoms with van der Waals surface area (Å²) in [4.78, 5) is 22.4. The summed E-state index contributed by atoms with van der Waals surface area (Å²) in [6.45, 7) is 2.85. The van der Waals surface area contributed by atoms with Crippen molar-refractivity contribution >= 4 is 29.3 Å². The Morgan fingerprint density at radius 3 is 2.40 bits per heavy atom. The quantitative estimate of drug-likeness (QED) is 0.175. The first-order chi connectivity index (χ1) is 23.9. The van der Waals surface area contributed by atoms with Gasteiger partial charge in [0.25, 0.3) is 0 Å². The predicted molar refractivity (Wildman–Crippen MR) is 183 cm³/mol. The number of benzene rings is 2. The van der Waals surface area contributed by atoms with E-state index in [9.17, 15) is 23.1 Å². The maximum absolute atomic E-state index is 14.9. The van der Waals surface area contributed by atoms with Gasteiger partial charge in [-0.15, -0.1) is 0 Å². The van der Waals surface area contributed by atoms with E-state index in [1.807, 2.05) is 4.90 Å². The Bertz CT molecular complexity index is 1850. The molecule has 0 amide bonds. The van der Waals surface area contributed by atoms with Crippen LogP contribution in [-0.4, -0.2) is 62.2 Å². The standard InChI is InChI=1S/C36H39ClF3N7O3/c1-21-12-15-47(45-21)28-18-24(22-6-9-25(37)10-7-22)8-11-26(28)32(36(38,39)40)50-30-19-29(43-34(41)44-30)46-16-13-35(14-17-46)20-27(33(48)49)42-31(35)23-4-2-3-5-23/h6-12,15,18-19,23,27,31-32,42H,2-5,13-14,16-17,20H2,1H3,(H,48,49)(H2,41,43,44)/t27?,31?,32-/m1/s1. The van der Waals surface area contributed by atoms with Gasteiger partial charge in [-0.1, -0.05) is 48.7 Å². The summed E-state index contributed by atoms with van der Waals surface area (Å²) in [5.41, 5.74) is 8.02. The number of nitrogens with one attached hydrogen (secondary N) is 1. The lowest BCUT2D eigenvalue weighted by Crippen LogP contribution is -2.49. The van der Waals surface area contributed by atoms with E-state index in [0.29, 0.717) is 47.5 Å². The summed E-state index contributed by atoms with van der Waals surface area (Å²) in [5, 5.41) is 18.2. The van der Waals surface area contributed by atoms with Crippen LogP contribution in [0.25, 0.3) is 16.8 Å². The molecule has 1 saturated carbocycles. The number of rotatable bonds is 8. The highest BCUT2D eigenvalue weighted by atomic mass is 35.5. The second-order valence-electron chi connectivity index (χ2n) is 13.8. The second-order valence-corrected chi connectivity index (χ2v) is 14.2. The summed E-state index contributed by atoms with van der Waals surface area (Å²) >= 11 is 6.07. The van der Waals surface area contributed by atoms with Crippen molar-refractivity contribution in [3.63, 3.8) is 0 Å². The molecular weight excluding hydrogens is 671 g/mol. The number of alkyl halides is 3. The Balaban J connectivity index is 1.17. The van der Waals surface area contributed by atoms with E-state index in [4.69, 9.17) is 22.1 Å². The number of nitrogens with zero attached hydrogens (tertiary/aromatic N) is 5. The highest BCUT2D eigenvalue weighted by Gasteiger charge is 2.53. The average Bonchev–Trinajstić information content (AvgIpc) is 3.84. The molecule has 0 bridgehead atoms. The molecule has 3 fully saturated rings. The number of carboxylic acids is 1. The lowest BCUT2D eigenvalue weighted by atomic mass is 9.68. The van der Waals surface area contributed by atoms with E-state index in [0.717, 1.165) is 44.1 Å². The van der Waals surface area contributed by atoms with Gasteiger partial charge in [-0.25, -0.2) is 4.68 Å². The van der Waals surface area contributed by atoms with E-state index >= 15 is 0 Å². The van der Waals surface area contributed by atoms with Crippen LogP contribution in [0.3, 0.4) is 0 Å². The molecular formula is C36H39ClF3N7O3. The molecule has 4 N–H and O–H groups in total. The monoisotopic (exact) mass is 709 g/mol. The molecule has 1 spiro atoms. The van der Waals surface area contributed by atoms with Gasteiger partial charge in [0.2, 0.25) is 17.9 Å². The lowest BCUT2D eigenvalue weighted by Gasteiger charge is -2.45. The summed E-state index contributed by atoms with van der Waals surface area (Å²) in [5.74, 6) is -0.547. The van der Waals surface area contributed by atoms with E-state index in [1.165, 1.54) is 16.8 Å². The largest absolute Gasteiger partial charge is 0.480 e. The molecule has 2 aromatic heterocycles. The number of aliphatic carboxylic acids is 1. The summed E-state index contributed by atoms with van der Waals surface area (Å²) in [7, 11) is 0. The van der Waals surface area contributed by atoms with Crippen LogP contribution in [-0.2, 0) is 4.79 Å². The molecule has 4 heterocycles. The predicted octanol–water partition coefficient (Wildman–Crippen LogP) is 7.15. The number of hydrogen-bond acceptors (Lipinski definition) is 8. The van der Waals surface area contributed by atoms with Crippen molar-refractivity contribution in [2.24, 2.45) is 11.3 Å². The maximum atomic E-state index is 14.9. The molecule has 1 aliphatic carbocycles. The fraction of sp³-hybridized carbons (Fsp3) is 0.444. The number of carbonyl (C=O) groups is 1. The van der Waals surface area contributed by atoms with Crippen LogP contribution in [0.5, 0.6) is 5.88 Å². The SMILES string of the molecule is Cc1ccn(-c2cc(-c3ccc(Cl)cc3)ccc2[C@@H](Oc2cc(N3CCC4(CC3)CC(C(=O)O)NC4C3CCCC3)nc(N)n2)C(F)(F)F)n1. The molecule has 2 unspecified atom stereocenters. The fourth-order valence-corrected chi connectivity index (χ4v) is 8.31. The molecule has 0 radical (unpaired) electrons. The highest BCUT2D eigenvalue weighted by molar-refractivity contribution is 6.30. The maximum Gasteiger partial charge on any atom is 0.429 e. The molecule has 10 nitrogen and oxygen atoms in total. The molecule has 264 valence electrons. The van der Waals surface area contributed by atoms with Crippen LogP contribution < -0.4 is 20.7 Å². The molecule has 3 aliphatic rings. The van der Waals surface area contributed by atoms with E-state index < -0.39 is 24.3 Å². The summed E-state index contributed by atoms with van der Waals surface area (Å²) < 4.78 is 51.9. The molecule has 4 aromatic rings. The Hall–Kier alpha value is -4.36. The zero-order valence-electron chi connectivity index (χ0n) is 27.5. The smallest absolute Gasteiger partial charge is 0.429 e. The molecule has 3 atom stereocenters. The van der Waals surface area contributed by atoms with E-state index in [-0.39, 0.29) is 34.5 Å². The van der Waals surface area contributed by atoms with Gasteiger partial charge >= 0.3 is 12.1 Å². The average molecular weight is 710 g/mol. The van der Waals surface area contributed by atoms with E-state index in [1.54, 1.807) is 55.6 Å². The van der Waals surface area contributed by atoms with Crippen molar-refractivity contribution in [3.8, 4) is 22.7 Å². The third-order valence-corrected chi connectivity index (χ3v) is 10.9. The van der Waals surface area contributed by atoms with Gasteiger partial charge in [-0.2, -0.15) is 28.2 Å². The van der Waals surface area contributed by atoms with Crippen LogP contribution in [0, 0.1) is 18.3 Å². The fourth-order valence-electron chi connectivity index (χ4n) is 8.18. The number of ether oxygens (including phenoxy) is 1. The molecule has 2 aliphatic heterocycles. The first-order valence-electron chi connectivity index (χ1n) is 16.9. The van der Waals surface area contributed by atoms with Crippen molar-refractivity contribution in [2.75, 3.05) is 23.7 Å². The molecule has 2 aromatic carbocycles. The van der Waals surface area contributed by atoms with Crippen LogP contribution in [0.1, 0.15) is 62.3 Å². The molecule has 2 saturated heterocycles. The molecule has 14 heteroatoms. The van der Waals surface area contributed by atoms with E-state index in [2.05, 4.69) is 20.4 Å². The summed E-state index contributed by atoms with van der Waals surface area (Å²) in [6.07, 6.45) is 0.855. The first-order valence-corrected chi connectivity index (χ1v) is 17.3. The Morgan fingerprint density at radius 1 is 1.06 bits per heavy atom. The number of hydrogen-bond donors (Lipinski definition) is 3. The van der Waals surface area contributed by atoms with Gasteiger partial charge in [0.05, 0.1) is 11.4 Å². The minimum Gasteiger partial charge on any atom is -0.480 e. The number of piperidine rings is 1. The van der Waals surface area contributed by atoms with Crippen molar-refractivity contribution in [2.45, 2.75) is 76.2 Å². The van der Waals surface area contributed by atoms with Crippen molar-refractivity contribution in [1.82, 2.24) is 25.1 Å². The van der Waals surface area contributed by atoms with Crippen LogP contribution in [0.4, 0.5) is 24.9 Å². The third-order valence-electron chi connectivity index (χ3n) is 10.6. The number of anilines is 2. The minimum atomic E-state index is -4.83. The number of nitrogen functional groups attached to an aromatic ring is 1. The normalized spacial score (nSPS) is 21.5. The zero-order valence-corrected chi connectivity index (χ0v) is 28.3. The van der Waals surface area contributed by atoms with Crippen molar-refractivity contribution in [1.29, 1.82) is 0 Å². The van der Waals surface area contributed by atoms with Crippen molar-refractivity contribution < 1.29 is 27.8 Å². The highest BCUT2D eigenvalue weighted by Crippen LogP contribution is 2.50. The topological polar surface area (TPSA) is 131 Å². The van der Waals surface area contributed by atoms with Crippen LogP contribution in [0.15, 0.2) is 60.8 Å². The first kappa shape index (κ1) is 34.1. The van der Waals surface area contributed by atoms with Gasteiger partial charge in [0, 0.05) is 42.0 Å². The lowest BCUT2D eigenvalue weighted by molar-refractivity contribution is -0.198. The van der Waals surface area contributed by atoms with Gasteiger partial charge < -0.3 is 25.8 Å². The second kappa shape index (κ2) is 13.4. The van der Waals surface area contributed by atoms with Crippen LogP contribution >= 0.6 is 11.6 Å². The van der Waals surface area contributed by atoms with Gasteiger partial charge in [-0.3, -0.25) is 4.79 Å². The zero-order chi connectivity index (χ0) is 35.2. The Labute approximate surface area is 292 Å². The van der Waals surface area contributed by atoms with Crippen molar-refractivity contribution in [3.05, 3.63) is 77.1 Å². The Morgan fingerprint density at radius 2 is 1.76 bits per heavy atom. The Kier molecular flexibility index (Phi) is 9.14. The number of aryl methyl sites for hydroxylation is 1. The molecule has 7 rings (SSSR count). The minimum absolute atomic E-state index is 0.119. The van der Waals surface area contributed by atoms with Gasteiger partial charge in [0.1, 0.15) is 11.9 Å². The number of nitrogens with two attached hydrogens (primary N) is 1. The number of carboxylic acid groups (broad SMARTS) is 1. The summed E-state index contributed by atoms with van der Waals surface area (Å²) in [6, 6.07) is 14.3. The van der Waals surface area contributed by atoms with Gasteiger partial charge in [0.15, 0.2) is 0 Å². The number of aromatic nitrogens is 4. The third kappa shape index (κ3) is 6.85.